The van der Waals surface area contributed by atoms with Gasteiger partial charge in [-0.25, -0.2) is 13.2 Å². The molecule has 7 heteroatoms. The molecule has 1 N–H and O–H groups in total. The van der Waals surface area contributed by atoms with Crippen molar-refractivity contribution in [2.45, 2.75) is 38.3 Å². The van der Waals surface area contributed by atoms with E-state index in [0.717, 1.165) is 22.3 Å². The smallest absolute Gasteiger partial charge is 0.338 e. The molecule has 0 fully saturated rings. The fourth-order valence-electron chi connectivity index (χ4n) is 3.46. The molecule has 0 saturated heterocycles. The number of esters is 1. The molecule has 0 atom stereocenters. The van der Waals surface area contributed by atoms with Crippen molar-refractivity contribution in [3.05, 3.63) is 63.7 Å². The summed E-state index contributed by atoms with van der Waals surface area (Å²) in [6, 6.07) is 8.43. The average Bonchev–Trinajstić information content (AvgIpc) is 3.10. The third kappa shape index (κ3) is 3.50. The third-order valence-electron chi connectivity index (χ3n) is 5.06. The molecular weight excluding hydrogens is 366 g/mol. The minimum Gasteiger partial charge on any atom is -0.465 e. The van der Waals surface area contributed by atoms with E-state index in [0.29, 0.717) is 17.5 Å². The highest BCUT2D eigenvalue weighted by Gasteiger charge is 2.35. The van der Waals surface area contributed by atoms with Crippen LogP contribution in [0, 0.1) is 13.8 Å². The summed E-state index contributed by atoms with van der Waals surface area (Å²) in [7, 11) is -2.38. The van der Waals surface area contributed by atoms with Gasteiger partial charge in [-0.2, -0.15) is 4.31 Å². The number of benzene rings is 2. The second-order valence-electron chi connectivity index (χ2n) is 6.72. The lowest BCUT2D eigenvalue weighted by Gasteiger charge is -2.16. The summed E-state index contributed by atoms with van der Waals surface area (Å²) in [6.45, 7) is 4.06. The quantitative estimate of drug-likeness (QED) is 0.794. The molecule has 0 saturated carbocycles. The molecule has 0 amide bonds. The largest absolute Gasteiger partial charge is 0.465 e. The van der Waals surface area contributed by atoms with E-state index in [-0.39, 0.29) is 24.6 Å². The lowest BCUT2D eigenvalue weighted by Crippen LogP contribution is -2.25. The Morgan fingerprint density at radius 3 is 2.37 bits per heavy atom. The average molecular weight is 389 g/mol. The summed E-state index contributed by atoms with van der Waals surface area (Å²) in [5, 5.41) is 9.31. The van der Waals surface area contributed by atoms with Crippen molar-refractivity contribution in [2.24, 2.45) is 0 Å². The number of hydrogen-bond donors (Lipinski definition) is 1. The van der Waals surface area contributed by atoms with E-state index in [2.05, 4.69) is 0 Å². The first-order valence-corrected chi connectivity index (χ1v) is 10.1. The van der Waals surface area contributed by atoms with Crippen LogP contribution in [0.5, 0.6) is 0 Å². The standard InChI is InChI=1S/C20H23NO5S/c1-13-4-6-16(7-5-13)27(24,25)21-11-18-14(2)15(8-9-22)10-17(19(18)12-21)20(23)26-3/h4-7,10,22H,8-9,11-12H2,1-3H3. The number of hydrogen-bond acceptors (Lipinski definition) is 5. The molecule has 3 rings (SSSR count). The van der Waals surface area contributed by atoms with Gasteiger partial charge in [0.25, 0.3) is 0 Å². The second kappa shape index (κ2) is 7.42. The highest BCUT2D eigenvalue weighted by molar-refractivity contribution is 7.89. The zero-order valence-electron chi connectivity index (χ0n) is 15.7. The predicted octanol–water partition coefficient (Wildman–Crippen LogP) is 2.33. The Balaban J connectivity index is 2.06. The monoisotopic (exact) mass is 389 g/mol. The molecule has 1 aliphatic heterocycles. The van der Waals surface area contributed by atoms with Crippen molar-refractivity contribution >= 4 is 16.0 Å². The normalized spacial score (nSPS) is 14.2. The van der Waals surface area contributed by atoms with Gasteiger partial charge in [0.05, 0.1) is 17.6 Å². The van der Waals surface area contributed by atoms with Gasteiger partial charge in [0.2, 0.25) is 10.0 Å². The van der Waals surface area contributed by atoms with Crippen molar-refractivity contribution in [3.8, 4) is 0 Å². The van der Waals surface area contributed by atoms with Crippen molar-refractivity contribution in [2.75, 3.05) is 13.7 Å². The number of aliphatic hydroxyl groups excluding tert-OH is 1. The molecule has 0 radical (unpaired) electrons. The van der Waals surface area contributed by atoms with Gasteiger partial charge in [-0.1, -0.05) is 17.7 Å². The van der Waals surface area contributed by atoms with Gasteiger partial charge >= 0.3 is 5.97 Å². The molecule has 0 aliphatic carbocycles. The van der Waals surface area contributed by atoms with Crippen LogP contribution in [0.4, 0.5) is 0 Å². The van der Waals surface area contributed by atoms with Crippen LogP contribution in [-0.4, -0.2) is 37.5 Å². The Labute approximate surface area is 159 Å². The maximum atomic E-state index is 13.1. The van der Waals surface area contributed by atoms with Crippen LogP contribution in [-0.2, 0) is 34.3 Å². The SMILES string of the molecule is COC(=O)c1cc(CCO)c(C)c2c1CN(S(=O)(=O)c1ccc(C)cc1)C2. The Morgan fingerprint density at radius 2 is 1.78 bits per heavy atom. The number of fused-ring (bicyclic) bond motifs is 1. The topological polar surface area (TPSA) is 83.9 Å². The lowest BCUT2D eigenvalue weighted by molar-refractivity contribution is 0.0599. The fourth-order valence-corrected chi connectivity index (χ4v) is 4.83. The molecule has 6 nitrogen and oxygen atoms in total. The zero-order valence-corrected chi connectivity index (χ0v) is 16.5. The molecule has 0 unspecified atom stereocenters. The van der Waals surface area contributed by atoms with Crippen molar-refractivity contribution in [1.82, 2.24) is 4.31 Å². The van der Waals surface area contributed by atoms with E-state index < -0.39 is 16.0 Å². The van der Waals surface area contributed by atoms with E-state index in [4.69, 9.17) is 4.74 Å². The highest BCUT2D eigenvalue weighted by Crippen LogP contribution is 2.35. The van der Waals surface area contributed by atoms with Crippen molar-refractivity contribution < 1.29 is 23.1 Å². The van der Waals surface area contributed by atoms with Crippen LogP contribution in [0.1, 0.15) is 38.2 Å². The number of rotatable bonds is 5. The van der Waals surface area contributed by atoms with Crippen molar-refractivity contribution in [3.63, 3.8) is 0 Å². The molecule has 1 heterocycles. The molecule has 2 aromatic carbocycles. The second-order valence-corrected chi connectivity index (χ2v) is 8.65. The molecule has 0 aromatic heterocycles. The lowest BCUT2D eigenvalue weighted by atomic mass is 9.92. The molecule has 1 aliphatic rings. The number of carbonyl (C=O) groups is 1. The summed E-state index contributed by atoms with van der Waals surface area (Å²) in [6.07, 6.45) is 0.397. The van der Waals surface area contributed by atoms with Gasteiger partial charge in [0.1, 0.15) is 0 Å². The number of carbonyl (C=O) groups excluding carboxylic acids is 1. The Hall–Kier alpha value is -2.22. The summed E-state index contributed by atoms with van der Waals surface area (Å²) >= 11 is 0. The molecule has 27 heavy (non-hydrogen) atoms. The first kappa shape index (κ1) is 19.5. The van der Waals surface area contributed by atoms with Crippen LogP contribution in [0.3, 0.4) is 0 Å². The van der Waals surface area contributed by atoms with Crippen LogP contribution in [0.2, 0.25) is 0 Å². The summed E-state index contributed by atoms with van der Waals surface area (Å²) < 4.78 is 32.4. The Morgan fingerprint density at radius 1 is 1.15 bits per heavy atom. The maximum Gasteiger partial charge on any atom is 0.338 e. The molecule has 2 aromatic rings. The third-order valence-corrected chi connectivity index (χ3v) is 6.86. The fraction of sp³-hybridized carbons (Fsp3) is 0.350. The van der Waals surface area contributed by atoms with Crippen LogP contribution in [0.25, 0.3) is 0 Å². The first-order chi connectivity index (χ1) is 12.8. The van der Waals surface area contributed by atoms with Gasteiger partial charge in [-0.15, -0.1) is 0 Å². The summed E-state index contributed by atoms with van der Waals surface area (Å²) in [5.41, 5.74) is 4.58. The van der Waals surface area contributed by atoms with Crippen LogP contribution in [0.15, 0.2) is 35.2 Å². The van der Waals surface area contributed by atoms with Gasteiger partial charge in [-0.05, 0) is 60.7 Å². The van der Waals surface area contributed by atoms with Crippen LogP contribution < -0.4 is 0 Å². The van der Waals surface area contributed by atoms with E-state index in [9.17, 15) is 18.3 Å². The molecular formula is C20H23NO5S. The predicted molar refractivity (Wildman–Crippen MR) is 101 cm³/mol. The van der Waals surface area contributed by atoms with Gasteiger partial charge in [-0.3, -0.25) is 0 Å². The summed E-state index contributed by atoms with van der Waals surface area (Å²) in [5.74, 6) is -0.500. The Bertz CT molecular complexity index is 980. The van der Waals surface area contributed by atoms with E-state index in [1.165, 1.54) is 11.4 Å². The number of ether oxygens (including phenoxy) is 1. The van der Waals surface area contributed by atoms with Gasteiger partial charge in [0, 0.05) is 19.7 Å². The molecule has 0 bridgehead atoms. The minimum absolute atomic E-state index is 0.0500. The number of sulfonamides is 1. The van der Waals surface area contributed by atoms with Gasteiger partial charge < -0.3 is 9.84 Å². The number of aryl methyl sites for hydroxylation is 1. The Kier molecular flexibility index (Phi) is 5.37. The number of nitrogens with zero attached hydrogens (tertiary/aromatic N) is 1. The van der Waals surface area contributed by atoms with E-state index >= 15 is 0 Å². The van der Waals surface area contributed by atoms with E-state index in [1.807, 2.05) is 13.8 Å². The minimum atomic E-state index is -3.68. The maximum absolute atomic E-state index is 13.1. The zero-order chi connectivity index (χ0) is 19.8. The van der Waals surface area contributed by atoms with E-state index in [1.54, 1.807) is 30.3 Å². The van der Waals surface area contributed by atoms with Crippen LogP contribution >= 0.6 is 0 Å². The summed E-state index contributed by atoms with van der Waals surface area (Å²) in [4.78, 5) is 12.5. The highest BCUT2D eigenvalue weighted by atomic mass is 32.2. The molecule has 144 valence electrons. The first-order valence-electron chi connectivity index (χ1n) is 8.69. The van der Waals surface area contributed by atoms with Crippen molar-refractivity contribution in [1.29, 1.82) is 0 Å². The molecule has 0 spiro atoms. The number of aliphatic hydroxyl groups is 1. The van der Waals surface area contributed by atoms with Gasteiger partial charge in [0.15, 0.2) is 0 Å². The number of methoxy groups -OCH3 is 1.